The first kappa shape index (κ1) is 18.7. The summed E-state index contributed by atoms with van der Waals surface area (Å²) in [5.74, 6) is 0.676. The van der Waals surface area contributed by atoms with Gasteiger partial charge in [0.05, 0.1) is 31.6 Å². The summed E-state index contributed by atoms with van der Waals surface area (Å²) in [5, 5.41) is 1.48. The van der Waals surface area contributed by atoms with Crippen LogP contribution in [0.25, 0.3) is 10.8 Å². The number of hydrogen-bond donors (Lipinski definition) is 2. The molecule has 0 aliphatic heterocycles. The minimum absolute atomic E-state index is 0.300. The van der Waals surface area contributed by atoms with Crippen molar-refractivity contribution in [2.24, 2.45) is 0 Å². The third-order valence-corrected chi connectivity index (χ3v) is 5.87. The summed E-state index contributed by atoms with van der Waals surface area (Å²) in [4.78, 5) is 1.78. The van der Waals surface area contributed by atoms with Crippen LogP contribution in [0.1, 0.15) is 20.3 Å². The molecule has 0 aliphatic rings. The van der Waals surface area contributed by atoms with Crippen LogP contribution in [0, 0.1) is 0 Å². The normalized spacial score (nSPS) is 12.0. The smallest absolute Gasteiger partial charge is 0.241 e. The Balaban J connectivity index is 2.17. The van der Waals surface area contributed by atoms with Crippen molar-refractivity contribution in [3.05, 3.63) is 36.4 Å². The van der Waals surface area contributed by atoms with E-state index < -0.39 is 10.0 Å². The third-order valence-electron chi connectivity index (χ3n) is 4.35. The van der Waals surface area contributed by atoms with Crippen LogP contribution in [-0.2, 0) is 10.0 Å². The highest BCUT2D eigenvalue weighted by atomic mass is 32.2. The number of fused-ring (bicyclic) bond motifs is 1. The van der Waals surface area contributed by atoms with E-state index >= 15 is 0 Å². The summed E-state index contributed by atoms with van der Waals surface area (Å²) in [6.45, 7) is 7.84. The predicted octanol–water partition coefficient (Wildman–Crippen LogP) is 1.44. The Morgan fingerprint density at radius 1 is 1.04 bits per heavy atom. The third kappa shape index (κ3) is 4.26. The van der Waals surface area contributed by atoms with Gasteiger partial charge in [-0.3, -0.25) is 0 Å². The van der Waals surface area contributed by atoms with E-state index in [2.05, 4.69) is 18.6 Å². The second-order valence-electron chi connectivity index (χ2n) is 5.77. The summed E-state index contributed by atoms with van der Waals surface area (Å²) in [6.07, 6.45) is 0.824. The molecule has 24 heavy (non-hydrogen) atoms. The second-order valence-corrected chi connectivity index (χ2v) is 7.51. The van der Waals surface area contributed by atoms with Crippen molar-refractivity contribution in [2.75, 3.05) is 33.3 Å². The van der Waals surface area contributed by atoms with E-state index in [9.17, 15) is 8.42 Å². The molecule has 0 fully saturated rings. The van der Waals surface area contributed by atoms with Crippen LogP contribution in [0.2, 0.25) is 0 Å². The lowest BCUT2D eigenvalue weighted by molar-refractivity contribution is -0.896. The van der Waals surface area contributed by atoms with Gasteiger partial charge in [0, 0.05) is 23.7 Å². The Morgan fingerprint density at radius 3 is 2.33 bits per heavy atom. The average molecular weight is 351 g/mol. The van der Waals surface area contributed by atoms with Crippen molar-refractivity contribution in [3.8, 4) is 5.75 Å². The molecule has 5 nitrogen and oxygen atoms in total. The molecule has 0 unspecified atom stereocenters. The molecule has 0 aliphatic carbocycles. The van der Waals surface area contributed by atoms with Gasteiger partial charge in [0.25, 0.3) is 0 Å². The number of benzene rings is 2. The van der Waals surface area contributed by atoms with Gasteiger partial charge < -0.3 is 9.64 Å². The van der Waals surface area contributed by atoms with E-state index in [0.29, 0.717) is 22.6 Å². The van der Waals surface area contributed by atoms with Crippen molar-refractivity contribution in [2.45, 2.75) is 25.2 Å². The molecule has 0 aromatic heterocycles. The molecule has 0 spiro atoms. The Kier molecular flexibility index (Phi) is 6.60. The molecule has 2 aromatic carbocycles. The van der Waals surface area contributed by atoms with E-state index in [0.717, 1.165) is 31.4 Å². The van der Waals surface area contributed by atoms with Crippen molar-refractivity contribution in [1.29, 1.82) is 0 Å². The maximum absolute atomic E-state index is 12.7. The molecule has 0 heterocycles. The monoisotopic (exact) mass is 351 g/mol. The molecule has 0 saturated heterocycles. The lowest BCUT2D eigenvalue weighted by Gasteiger charge is -2.15. The number of nitrogens with one attached hydrogen (secondary N) is 2. The van der Waals surface area contributed by atoms with Crippen LogP contribution in [0.4, 0.5) is 0 Å². The SMILES string of the molecule is CC[NH+](CC)CCCNS(=O)(=O)c1ccc(OC)c2ccccc12. The molecular formula is C18H27N2O3S+. The Morgan fingerprint density at radius 2 is 1.71 bits per heavy atom. The van der Waals surface area contributed by atoms with E-state index in [4.69, 9.17) is 4.74 Å². The molecule has 0 saturated carbocycles. The van der Waals surface area contributed by atoms with Crippen LogP contribution >= 0.6 is 0 Å². The first-order valence-corrected chi connectivity index (χ1v) is 9.90. The fourth-order valence-corrected chi connectivity index (χ4v) is 4.17. The molecule has 2 aromatic rings. The maximum Gasteiger partial charge on any atom is 0.241 e. The van der Waals surface area contributed by atoms with Crippen LogP contribution in [0.5, 0.6) is 5.75 Å². The van der Waals surface area contributed by atoms with Gasteiger partial charge in [0.15, 0.2) is 0 Å². The highest BCUT2D eigenvalue weighted by molar-refractivity contribution is 7.89. The van der Waals surface area contributed by atoms with Crippen molar-refractivity contribution in [1.82, 2.24) is 4.72 Å². The zero-order valence-corrected chi connectivity index (χ0v) is 15.4. The van der Waals surface area contributed by atoms with Crippen molar-refractivity contribution >= 4 is 20.8 Å². The molecule has 0 radical (unpaired) electrons. The van der Waals surface area contributed by atoms with Gasteiger partial charge >= 0.3 is 0 Å². The molecule has 0 bridgehead atoms. The lowest BCUT2D eigenvalue weighted by atomic mass is 10.1. The first-order valence-electron chi connectivity index (χ1n) is 8.42. The van der Waals surface area contributed by atoms with E-state index in [-0.39, 0.29) is 0 Å². The largest absolute Gasteiger partial charge is 0.496 e. The van der Waals surface area contributed by atoms with Gasteiger partial charge in [-0.1, -0.05) is 24.3 Å². The first-order chi connectivity index (χ1) is 11.5. The number of methoxy groups -OCH3 is 1. The van der Waals surface area contributed by atoms with Gasteiger partial charge in [0.1, 0.15) is 5.75 Å². The fourth-order valence-electron chi connectivity index (χ4n) is 2.88. The predicted molar refractivity (Wildman–Crippen MR) is 97.2 cm³/mol. The van der Waals surface area contributed by atoms with E-state index in [1.807, 2.05) is 24.3 Å². The summed E-state index contributed by atoms with van der Waals surface area (Å²) in [5.41, 5.74) is 0. The number of rotatable bonds is 9. The Hall–Kier alpha value is -1.63. The zero-order chi connectivity index (χ0) is 17.6. The summed E-state index contributed by atoms with van der Waals surface area (Å²) < 4.78 is 33.4. The van der Waals surface area contributed by atoms with E-state index in [1.54, 1.807) is 19.2 Å². The van der Waals surface area contributed by atoms with Crippen LogP contribution in [0.15, 0.2) is 41.3 Å². The van der Waals surface area contributed by atoms with Gasteiger partial charge in [-0.2, -0.15) is 0 Å². The molecule has 132 valence electrons. The summed E-state index contributed by atoms with van der Waals surface area (Å²) in [6, 6.07) is 10.7. The standard InChI is InChI=1S/C18H26N2O3S/c1-4-20(5-2)14-8-13-19-24(21,22)18-12-11-17(23-3)15-9-6-7-10-16(15)18/h6-7,9-12,19H,4-5,8,13-14H2,1-3H3/p+1. The van der Waals surface area contributed by atoms with E-state index in [1.165, 1.54) is 4.90 Å². The molecular weight excluding hydrogens is 324 g/mol. The number of quaternary nitrogens is 1. The Bertz CT molecular complexity index is 771. The average Bonchev–Trinajstić information content (AvgIpc) is 2.60. The minimum Gasteiger partial charge on any atom is -0.496 e. The number of sulfonamides is 1. The minimum atomic E-state index is -3.54. The zero-order valence-electron chi connectivity index (χ0n) is 14.6. The molecule has 0 atom stereocenters. The van der Waals surface area contributed by atoms with Gasteiger partial charge in [-0.15, -0.1) is 0 Å². The van der Waals surface area contributed by atoms with Crippen LogP contribution < -0.4 is 14.4 Å². The molecule has 6 heteroatoms. The second kappa shape index (κ2) is 8.46. The highest BCUT2D eigenvalue weighted by Crippen LogP contribution is 2.30. The van der Waals surface area contributed by atoms with Crippen molar-refractivity contribution < 1.29 is 18.1 Å². The highest BCUT2D eigenvalue weighted by Gasteiger charge is 2.18. The maximum atomic E-state index is 12.7. The van der Waals surface area contributed by atoms with Gasteiger partial charge in [-0.05, 0) is 26.0 Å². The molecule has 2 rings (SSSR count). The van der Waals surface area contributed by atoms with Gasteiger partial charge in [0.2, 0.25) is 10.0 Å². The summed E-state index contributed by atoms with van der Waals surface area (Å²) >= 11 is 0. The molecule has 2 N–H and O–H groups in total. The van der Waals surface area contributed by atoms with Gasteiger partial charge in [-0.25, -0.2) is 13.1 Å². The van der Waals surface area contributed by atoms with Crippen LogP contribution in [0.3, 0.4) is 0 Å². The Labute approximate surface area is 144 Å². The number of ether oxygens (including phenoxy) is 1. The molecule has 0 amide bonds. The van der Waals surface area contributed by atoms with Crippen LogP contribution in [-0.4, -0.2) is 41.7 Å². The quantitative estimate of drug-likeness (QED) is 0.672. The fraction of sp³-hybridized carbons (Fsp3) is 0.444. The summed E-state index contributed by atoms with van der Waals surface area (Å²) in [7, 11) is -1.95. The number of hydrogen-bond acceptors (Lipinski definition) is 3. The lowest BCUT2D eigenvalue weighted by Crippen LogP contribution is -3.11. The van der Waals surface area contributed by atoms with Crippen molar-refractivity contribution in [3.63, 3.8) is 0 Å². The topological polar surface area (TPSA) is 59.8 Å².